The number of nitrogens with one attached hydrogen (secondary N) is 1. The summed E-state index contributed by atoms with van der Waals surface area (Å²) in [5.74, 6) is 0.570. The summed E-state index contributed by atoms with van der Waals surface area (Å²) >= 11 is 0. The Morgan fingerprint density at radius 2 is 1.79 bits per heavy atom. The summed E-state index contributed by atoms with van der Waals surface area (Å²) in [5, 5.41) is 3.93. The number of hydrogen-bond donors (Lipinski definition) is 1. The van der Waals surface area contributed by atoms with Crippen molar-refractivity contribution in [3.63, 3.8) is 0 Å². The lowest BCUT2D eigenvalue weighted by Crippen LogP contribution is -2.30. The molecule has 1 N–H and O–H groups in total. The van der Waals surface area contributed by atoms with Gasteiger partial charge in [0, 0.05) is 6.20 Å². The van der Waals surface area contributed by atoms with Crippen LogP contribution in [0, 0.1) is 0 Å². The van der Waals surface area contributed by atoms with Crippen molar-refractivity contribution in [1.29, 1.82) is 0 Å². The highest BCUT2D eigenvalue weighted by Crippen LogP contribution is 2.26. The molecule has 0 atom stereocenters. The maximum Gasteiger partial charge on any atom is 0.276 e. The molecule has 29 heavy (non-hydrogen) atoms. The second-order valence-corrected chi connectivity index (χ2v) is 6.15. The molecule has 0 spiro atoms. The number of rotatable bonds is 7. The Kier molecular flexibility index (Phi) is 6.42. The van der Waals surface area contributed by atoms with Gasteiger partial charge in [-0.25, -0.2) is 5.43 Å². The number of benzene rings is 2. The van der Waals surface area contributed by atoms with Crippen LogP contribution >= 0.6 is 0 Å². The zero-order valence-electron chi connectivity index (χ0n) is 16.2. The van der Waals surface area contributed by atoms with Gasteiger partial charge in [-0.1, -0.05) is 30.3 Å². The van der Waals surface area contributed by atoms with Crippen molar-refractivity contribution < 1.29 is 14.3 Å². The molecule has 0 unspecified atom stereocenters. The van der Waals surface area contributed by atoms with Crippen molar-refractivity contribution in [2.45, 2.75) is 6.54 Å². The highest BCUT2D eigenvalue weighted by molar-refractivity contribution is 5.94. The third-order valence-corrected chi connectivity index (χ3v) is 4.25. The molecule has 2 aromatic carbocycles. The summed E-state index contributed by atoms with van der Waals surface area (Å²) in [4.78, 5) is 25.0. The van der Waals surface area contributed by atoms with E-state index in [0.29, 0.717) is 23.6 Å². The molecular weight excluding hydrogens is 370 g/mol. The smallest absolute Gasteiger partial charge is 0.276 e. The van der Waals surface area contributed by atoms with Gasteiger partial charge >= 0.3 is 0 Å². The van der Waals surface area contributed by atoms with E-state index in [1.54, 1.807) is 37.6 Å². The molecule has 3 rings (SSSR count). The predicted octanol–water partition coefficient (Wildman–Crippen LogP) is 2.68. The molecule has 0 saturated heterocycles. The highest BCUT2D eigenvalue weighted by Gasteiger charge is 2.11. The van der Waals surface area contributed by atoms with Crippen LogP contribution in [0.1, 0.15) is 21.5 Å². The van der Waals surface area contributed by atoms with Crippen LogP contribution in [0.15, 0.2) is 76.8 Å². The van der Waals surface area contributed by atoms with E-state index in [9.17, 15) is 9.59 Å². The summed E-state index contributed by atoms with van der Waals surface area (Å²) in [6.07, 6.45) is 3.12. The molecule has 0 radical (unpaired) electrons. The second-order valence-electron chi connectivity index (χ2n) is 6.15. The lowest BCUT2D eigenvalue weighted by Gasteiger charge is -2.08. The largest absolute Gasteiger partial charge is 0.493 e. The van der Waals surface area contributed by atoms with Crippen molar-refractivity contribution in [1.82, 2.24) is 9.99 Å². The molecule has 7 heteroatoms. The van der Waals surface area contributed by atoms with Gasteiger partial charge in [-0.3, -0.25) is 9.59 Å². The number of ether oxygens (including phenoxy) is 2. The van der Waals surface area contributed by atoms with Crippen LogP contribution in [0.3, 0.4) is 0 Å². The van der Waals surface area contributed by atoms with Gasteiger partial charge in [0.25, 0.3) is 11.5 Å². The molecule has 0 aliphatic carbocycles. The molecule has 1 aromatic heterocycles. The molecule has 1 amide bonds. The van der Waals surface area contributed by atoms with Gasteiger partial charge in [0.1, 0.15) is 5.56 Å². The number of pyridine rings is 1. The zero-order chi connectivity index (χ0) is 20.6. The van der Waals surface area contributed by atoms with E-state index in [1.165, 1.54) is 24.0 Å². The van der Waals surface area contributed by atoms with Crippen LogP contribution in [0.2, 0.25) is 0 Å². The fourth-order valence-electron chi connectivity index (χ4n) is 2.77. The first-order valence-corrected chi connectivity index (χ1v) is 8.91. The Bertz CT molecular complexity index is 1070. The Morgan fingerprint density at radius 1 is 1.03 bits per heavy atom. The maximum atomic E-state index is 12.6. The minimum atomic E-state index is -0.575. The number of nitrogens with zero attached hydrogens (tertiary/aromatic N) is 2. The first-order chi connectivity index (χ1) is 14.1. The van der Waals surface area contributed by atoms with Crippen molar-refractivity contribution in [2.24, 2.45) is 5.10 Å². The van der Waals surface area contributed by atoms with E-state index < -0.39 is 5.91 Å². The minimum absolute atomic E-state index is 0.0212. The van der Waals surface area contributed by atoms with E-state index in [1.807, 2.05) is 30.3 Å². The van der Waals surface area contributed by atoms with Gasteiger partial charge in [0.2, 0.25) is 0 Å². The first-order valence-electron chi connectivity index (χ1n) is 8.91. The molecule has 148 valence electrons. The van der Waals surface area contributed by atoms with Crippen molar-refractivity contribution in [3.05, 3.63) is 93.9 Å². The van der Waals surface area contributed by atoms with Crippen molar-refractivity contribution in [3.8, 4) is 11.5 Å². The van der Waals surface area contributed by atoms with E-state index in [4.69, 9.17) is 9.47 Å². The normalized spacial score (nSPS) is 10.7. The molecule has 3 aromatic rings. The summed E-state index contributed by atoms with van der Waals surface area (Å²) in [6, 6.07) is 17.9. The molecule has 0 bridgehead atoms. The number of carbonyl (C=O) groups is 1. The van der Waals surface area contributed by atoms with Crippen LogP contribution < -0.4 is 20.5 Å². The van der Waals surface area contributed by atoms with Crippen LogP contribution in [0.25, 0.3) is 0 Å². The SMILES string of the molecule is COc1ccc(/C=N\NC(=O)c2cccn(Cc3ccccc3)c2=O)cc1OC. The quantitative estimate of drug-likeness (QED) is 0.496. The van der Waals surface area contributed by atoms with E-state index in [-0.39, 0.29) is 11.1 Å². The summed E-state index contributed by atoms with van der Waals surface area (Å²) in [7, 11) is 3.09. The van der Waals surface area contributed by atoms with E-state index in [0.717, 1.165) is 5.56 Å². The average Bonchev–Trinajstić information content (AvgIpc) is 2.75. The van der Waals surface area contributed by atoms with Gasteiger partial charge in [-0.2, -0.15) is 5.10 Å². The molecule has 0 saturated carbocycles. The van der Waals surface area contributed by atoms with E-state index >= 15 is 0 Å². The van der Waals surface area contributed by atoms with Gasteiger partial charge in [-0.05, 0) is 41.5 Å². The van der Waals surface area contributed by atoms with Gasteiger partial charge in [0.05, 0.1) is 27.0 Å². The van der Waals surface area contributed by atoms with Crippen LogP contribution in [-0.2, 0) is 6.54 Å². The fraction of sp³-hybridized carbons (Fsp3) is 0.136. The predicted molar refractivity (Wildman–Crippen MR) is 111 cm³/mol. The monoisotopic (exact) mass is 391 g/mol. The maximum absolute atomic E-state index is 12.6. The number of amides is 1. The molecule has 0 fully saturated rings. The number of hydrazone groups is 1. The van der Waals surface area contributed by atoms with Crippen LogP contribution in [0.5, 0.6) is 11.5 Å². The summed E-state index contributed by atoms with van der Waals surface area (Å²) in [5.41, 5.74) is 3.71. The lowest BCUT2D eigenvalue weighted by atomic mass is 10.2. The minimum Gasteiger partial charge on any atom is -0.493 e. The summed E-state index contributed by atoms with van der Waals surface area (Å²) in [6.45, 7) is 0.385. The topological polar surface area (TPSA) is 81.9 Å². The van der Waals surface area contributed by atoms with Crippen molar-refractivity contribution in [2.75, 3.05) is 14.2 Å². The number of hydrogen-bond acceptors (Lipinski definition) is 5. The third-order valence-electron chi connectivity index (χ3n) is 4.25. The second kappa shape index (κ2) is 9.36. The molecular formula is C22H21N3O4. The fourth-order valence-corrected chi connectivity index (χ4v) is 2.77. The van der Waals surface area contributed by atoms with Crippen LogP contribution in [0.4, 0.5) is 0 Å². The zero-order valence-corrected chi connectivity index (χ0v) is 16.2. The third kappa shape index (κ3) is 4.90. The average molecular weight is 391 g/mol. The number of carbonyl (C=O) groups excluding carboxylic acids is 1. The molecule has 0 aliphatic rings. The molecule has 1 heterocycles. The van der Waals surface area contributed by atoms with E-state index in [2.05, 4.69) is 10.5 Å². The molecule has 7 nitrogen and oxygen atoms in total. The Hall–Kier alpha value is -3.87. The Balaban J connectivity index is 1.72. The summed E-state index contributed by atoms with van der Waals surface area (Å²) < 4.78 is 11.9. The Morgan fingerprint density at radius 3 is 2.52 bits per heavy atom. The van der Waals surface area contributed by atoms with Crippen LogP contribution in [-0.4, -0.2) is 30.9 Å². The standard InChI is InChI=1S/C22H21N3O4/c1-28-19-11-10-17(13-20(19)29-2)14-23-24-21(26)18-9-6-12-25(22(18)27)15-16-7-4-3-5-8-16/h3-14H,15H2,1-2H3,(H,24,26)/b23-14-. The number of aromatic nitrogens is 1. The van der Waals surface area contributed by atoms with Gasteiger partial charge in [-0.15, -0.1) is 0 Å². The first kappa shape index (κ1) is 19.9. The Labute approximate surface area is 168 Å². The number of methoxy groups -OCH3 is 2. The van der Waals surface area contributed by atoms with Gasteiger partial charge < -0.3 is 14.0 Å². The van der Waals surface area contributed by atoms with Gasteiger partial charge in [0.15, 0.2) is 11.5 Å². The van der Waals surface area contributed by atoms with Crippen molar-refractivity contribution >= 4 is 12.1 Å². The molecule has 0 aliphatic heterocycles. The lowest BCUT2D eigenvalue weighted by molar-refractivity contribution is 0.0953. The highest BCUT2D eigenvalue weighted by atomic mass is 16.5.